The van der Waals surface area contributed by atoms with Gasteiger partial charge in [-0.3, -0.25) is 4.79 Å². The van der Waals surface area contributed by atoms with E-state index in [1.165, 1.54) is 6.07 Å². The number of aromatic nitrogens is 4. The van der Waals surface area contributed by atoms with E-state index in [0.29, 0.717) is 16.2 Å². The van der Waals surface area contributed by atoms with E-state index in [4.69, 9.17) is 0 Å². The molecule has 1 aliphatic rings. The summed E-state index contributed by atoms with van der Waals surface area (Å²) in [6, 6.07) is 12.5. The Balaban J connectivity index is 1.68. The number of hydrogen-bond acceptors (Lipinski definition) is 3. The molecule has 1 amide bonds. The van der Waals surface area contributed by atoms with Gasteiger partial charge in [0.1, 0.15) is 11.6 Å². The van der Waals surface area contributed by atoms with E-state index >= 15 is 0 Å². The third kappa shape index (κ3) is 2.63. The lowest BCUT2D eigenvalue weighted by atomic mass is 9.86. The zero-order valence-electron chi connectivity index (χ0n) is 14.8. The third-order valence-corrected chi connectivity index (χ3v) is 5.63. The molecule has 28 heavy (non-hydrogen) atoms. The highest BCUT2D eigenvalue weighted by atomic mass is 79.9. The maximum absolute atomic E-state index is 13.7. The normalized spacial score (nSPS) is 16.2. The zero-order valence-corrected chi connectivity index (χ0v) is 16.4. The van der Waals surface area contributed by atoms with E-state index < -0.39 is 0 Å². The molecule has 2 N–H and O–H groups in total. The molecule has 6 nitrogen and oxygen atoms in total. The van der Waals surface area contributed by atoms with Gasteiger partial charge in [-0.15, -0.1) is 0 Å². The number of fused-ring (bicyclic) bond motifs is 2. The molecule has 1 atom stereocenters. The fourth-order valence-corrected chi connectivity index (χ4v) is 4.15. The van der Waals surface area contributed by atoms with Gasteiger partial charge >= 0.3 is 0 Å². The van der Waals surface area contributed by atoms with Gasteiger partial charge in [0.2, 0.25) is 11.9 Å². The van der Waals surface area contributed by atoms with Crippen LogP contribution in [0.4, 0.5) is 10.2 Å². The minimum absolute atomic E-state index is 0.116. The van der Waals surface area contributed by atoms with Crippen molar-refractivity contribution < 1.29 is 9.18 Å². The van der Waals surface area contributed by atoms with Crippen molar-refractivity contribution in [1.82, 2.24) is 19.7 Å². The van der Waals surface area contributed by atoms with Gasteiger partial charge in [-0.1, -0.05) is 18.2 Å². The SMILES string of the molecule is Cc1nn(-c2nc3ccccc3[nH]2)c2c1[C@H](c1ccc(F)c(Br)c1)CC(=O)N2. The second kappa shape index (κ2) is 6.27. The van der Waals surface area contributed by atoms with Gasteiger partial charge < -0.3 is 10.3 Å². The fourth-order valence-electron chi connectivity index (χ4n) is 3.75. The van der Waals surface area contributed by atoms with Crippen molar-refractivity contribution in [2.24, 2.45) is 0 Å². The molecule has 1 aliphatic heterocycles. The van der Waals surface area contributed by atoms with Crippen molar-refractivity contribution in [3.05, 3.63) is 69.6 Å². The molecule has 0 bridgehead atoms. The minimum Gasteiger partial charge on any atom is -0.322 e. The maximum Gasteiger partial charge on any atom is 0.231 e. The topological polar surface area (TPSA) is 75.6 Å². The van der Waals surface area contributed by atoms with E-state index in [0.717, 1.165) is 27.9 Å². The van der Waals surface area contributed by atoms with Crippen LogP contribution in [0.5, 0.6) is 0 Å². The van der Waals surface area contributed by atoms with Crippen LogP contribution in [0, 0.1) is 12.7 Å². The van der Waals surface area contributed by atoms with E-state index in [-0.39, 0.29) is 24.1 Å². The minimum atomic E-state index is -0.334. The first-order chi connectivity index (χ1) is 13.5. The molecule has 140 valence electrons. The monoisotopic (exact) mass is 439 g/mol. The van der Waals surface area contributed by atoms with E-state index in [2.05, 4.69) is 36.3 Å². The molecule has 0 aliphatic carbocycles. The molecular formula is C20H15BrFN5O. The van der Waals surface area contributed by atoms with Crippen LogP contribution in [0.15, 0.2) is 46.9 Å². The Morgan fingerprint density at radius 1 is 1.25 bits per heavy atom. The number of benzene rings is 2. The van der Waals surface area contributed by atoms with Crippen molar-refractivity contribution in [3.8, 4) is 5.95 Å². The molecule has 2 aromatic heterocycles. The molecule has 2 aromatic carbocycles. The Hall–Kier alpha value is -3.00. The number of halogens is 2. The van der Waals surface area contributed by atoms with Crippen molar-refractivity contribution in [1.29, 1.82) is 0 Å². The van der Waals surface area contributed by atoms with Crippen LogP contribution in [0.25, 0.3) is 17.0 Å². The molecular weight excluding hydrogens is 425 g/mol. The molecule has 0 fully saturated rings. The summed E-state index contributed by atoms with van der Waals surface area (Å²) in [7, 11) is 0. The molecule has 8 heteroatoms. The summed E-state index contributed by atoms with van der Waals surface area (Å²) in [5.41, 5.74) is 4.28. The molecule has 4 aromatic rings. The first kappa shape index (κ1) is 17.1. The molecule has 0 unspecified atom stereocenters. The number of imidazole rings is 1. The van der Waals surface area contributed by atoms with E-state index in [1.807, 2.05) is 31.2 Å². The molecule has 5 rings (SSSR count). The summed E-state index contributed by atoms with van der Waals surface area (Å²) in [4.78, 5) is 20.3. The van der Waals surface area contributed by atoms with Crippen molar-refractivity contribution in [2.75, 3.05) is 5.32 Å². The highest BCUT2D eigenvalue weighted by Gasteiger charge is 2.33. The first-order valence-corrected chi connectivity index (χ1v) is 9.60. The van der Waals surface area contributed by atoms with Crippen LogP contribution in [-0.2, 0) is 4.79 Å². The second-order valence-corrected chi connectivity index (χ2v) is 7.67. The quantitative estimate of drug-likeness (QED) is 0.484. The Kier molecular flexibility index (Phi) is 3.83. The van der Waals surface area contributed by atoms with Crippen LogP contribution >= 0.6 is 15.9 Å². The molecule has 0 saturated carbocycles. The van der Waals surface area contributed by atoms with Gasteiger partial charge in [0.05, 0.1) is 21.2 Å². The summed E-state index contributed by atoms with van der Waals surface area (Å²) in [5, 5.41) is 7.56. The number of carbonyl (C=O) groups is 1. The number of nitrogens with zero attached hydrogens (tertiary/aromatic N) is 3. The van der Waals surface area contributed by atoms with Gasteiger partial charge in [-0.25, -0.2) is 9.37 Å². The number of para-hydroxylation sites is 2. The number of aromatic amines is 1. The Morgan fingerprint density at radius 3 is 2.86 bits per heavy atom. The molecule has 0 saturated heterocycles. The Labute approximate surface area is 167 Å². The summed E-state index contributed by atoms with van der Waals surface area (Å²) in [6.07, 6.45) is 0.276. The number of H-pyrrole nitrogens is 1. The highest BCUT2D eigenvalue weighted by molar-refractivity contribution is 9.10. The predicted molar refractivity (Wildman–Crippen MR) is 107 cm³/mol. The number of nitrogens with one attached hydrogen (secondary N) is 2. The van der Waals surface area contributed by atoms with Crippen LogP contribution in [0.2, 0.25) is 0 Å². The number of anilines is 1. The van der Waals surface area contributed by atoms with Crippen LogP contribution < -0.4 is 5.32 Å². The Morgan fingerprint density at radius 2 is 2.07 bits per heavy atom. The maximum atomic E-state index is 13.7. The molecule has 3 heterocycles. The third-order valence-electron chi connectivity index (χ3n) is 5.03. The predicted octanol–water partition coefficient (Wildman–Crippen LogP) is 4.43. The average molecular weight is 440 g/mol. The second-order valence-electron chi connectivity index (χ2n) is 6.82. The number of amides is 1. The molecule has 0 spiro atoms. The van der Waals surface area contributed by atoms with Gasteiger partial charge in [0, 0.05) is 17.9 Å². The summed E-state index contributed by atoms with van der Waals surface area (Å²) in [6.45, 7) is 1.90. The van der Waals surface area contributed by atoms with E-state index in [9.17, 15) is 9.18 Å². The number of rotatable bonds is 2. The van der Waals surface area contributed by atoms with Crippen molar-refractivity contribution in [2.45, 2.75) is 19.3 Å². The standard InChI is InChI=1S/C20H15BrFN5O/c1-10-18-12(11-6-7-14(22)13(21)8-11)9-17(28)25-19(18)27(26-10)20-23-15-4-2-3-5-16(15)24-20/h2-8,12H,9H2,1H3,(H,23,24)(H,25,28)/t12-/m0/s1. The Bertz CT molecular complexity index is 1210. The summed E-state index contributed by atoms with van der Waals surface area (Å²) >= 11 is 3.24. The average Bonchev–Trinajstić information content (AvgIpc) is 3.24. The fraction of sp³-hybridized carbons (Fsp3) is 0.150. The largest absolute Gasteiger partial charge is 0.322 e. The smallest absolute Gasteiger partial charge is 0.231 e. The van der Waals surface area contributed by atoms with E-state index in [1.54, 1.807) is 16.8 Å². The van der Waals surface area contributed by atoms with Crippen LogP contribution in [-0.4, -0.2) is 25.7 Å². The van der Waals surface area contributed by atoms with Crippen molar-refractivity contribution in [3.63, 3.8) is 0 Å². The van der Waals surface area contributed by atoms with Gasteiger partial charge in [-0.05, 0) is 52.7 Å². The highest BCUT2D eigenvalue weighted by Crippen LogP contribution is 2.40. The number of aryl methyl sites for hydroxylation is 1. The lowest BCUT2D eigenvalue weighted by Gasteiger charge is -2.24. The lowest BCUT2D eigenvalue weighted by Crippen LogP contribution is -2.25. The van der Waals surface area contributed by atoms with Crippen LogP contribution in [0.1, 0.15) is 29.2 Å². The van der Waals surface area contributed by atoms with Gasteiger partial charge in [0.15, 0.2) is 0 Å². The van der Waals surface area contributed by atoms with Gasteiger partial charge in [-0.2, -0.15) is 9.78 Å². The zero-order chi connectivity index (χ0) is 19.4. The van der Waals surface area contributed by atoms with Crippen LogP contribution in [0.3, 0.4) is 0 Å². The number of hydrogen-bond donors (Lipinski definition) is 2. The van der Waals surface area contributed by atoms with Crippen molar-refractivity contribution >= 4 is 38.7 Å². The van der Waals surface area contributed by atoms with Gasteiger partial charge in [0.25, 0.3) is 0 Å². The summed E-state index contributed by atoms with van der Waals surface area (Å²) < 4.78 is 15.7. The lowest BCUT2D eigenvalue weighted by molar-refractivity contribution is -0.116. The first-order valence-electron chi connectivity index (χ1n) is 8.80. The molecule has 0 radical (unpaired) electrons. The number of carbonyl (C=O) groups excluding carboxylic acids is 1. The summed E-state index contributed by atoms with van der Waals surface area (Å²) in [5.74, 6) is 0.470.